The molecule has 36 heavy (non-hydrogen) atoms. The number of hydrogen-bond acceptors (Lipinski definition) is 6. The average Bonchev–Trinajstić information content (AvgIpc) is 3.42. The van der Waals surface area contributed by atoms with Crippen LogP contribution < -0.4 is 0 Å². The summed E-state index contributed by atoms with van der Waals surface area (Å²) < 4.78 is 31.4. The SMILES string of the molecule is COCO[C@@H]1CCCN2[C@H]1[C@@H]1OC3(CCCCC3)O[C@@H]1[C@@H]2COCc1ccc(-c2ccccc2)cc1. The summed E-state index contributed by atoms with van der Waals surface area (Å²) in [6.07, 6.45) is 7.92. The maximum absolute atomic E-state index is 6.81. The Morgan fingerprint density at radius 2 is 1.64 bits per heavy atom. The number of benzene rings is 2. The minimum atomic E-state index is -0.408. The highest BCUT2D eigenvalue weighted by molar-refractivity contribution is 5.63. The summed E-state index contributed by atoms with van der Waals surface area (Å²) in [5.41, 5.74) is 3.65. The summed E-state index contributed by atoms with van der Waals surface area (Å²) in [4.78, 5) is 2.55. The molecule has 6 nitrogen and oxygen atoms in total. The van der Waals surface area contributed by atoms with E-state index in [1.165, 1.54) is 36.0 Å². The predicted octanol–water partition coefficient (Wildman–Crippen LogP) is 5.15. The van der Waals surface area contributed by atoms with Gasteiger partial charge in [0.15, 0.2) is 5.79 Å². The van der Waals surface area contributed by atoms with E-state index in [0.29, 0.717) is 20.0 Å². The topological polar surface area (TPSA) is 49.4 Å². The molecule has 6 rings (SSSR count). The lowest BCUT2D eigenvalue weighted by Gasteiger charge is -2.42. The Bertz CT molecular complexity index is 977. The summed E-state index contributed by atoms with van der Waals surface area (Å²) >= 11 is 0. The van der Waals surface area contributed by atoms with Crippen molar-refractivity contribution in [2.24, 2.45) is 0 Å². The van der Waals surface area contributed by atoms with Crippen LogP contribution in [0.4, 0.5) is 0 Å². The molecule has 5 atom stereocenters. The summed E-state index contributed by atoms with van der Waals surface area (Å²) in [5.74, 6) is -0.408. The molecule has 2 aromatic carbocycles. The standard InChI is InChI=1S/C30H39NO5/c1-32-21-34-26-11-8-18-31-25(28-29(27(26)31)36-30(35-28)16-6-3-7-17-30)20-33-19-22-12-14-24(15-13-22)23-9-4-2-5-10-23/h2,4-5,9-10,12-15,25-29H,3,6-8,11,16-21H2,1H3/t25-,26+,27+,28+,29-/m0/s1. The van der Waals surface area contributed by atoms with E-state index in [1.54, 1.807) is 7.11 Å². The first-order chi connectivity index (χ1) is 17.8. The van der Waals surface area contributed by atoms with Crippen molar-refractivity contribution in [1.82, 2.24) is 4.90 Å². The van der Waals surface area contributed by atoms with E-state index in [2.05, 4.69) is 53.4 Å². The van der Waals surface area contributed by atoms with E-state index >= 15 is 0 Å². The zero-order chi connectivity index (χ0) is 24.4. The van der Waals surface area contributed by atoms with Crippen LogP contribution in [0.1, 0.15) is 50.5 Å². The second-order valence-electron chi connectivity index (χ2n) is 10.8. The molecule has 194 valence electrons. The van der Waals surface area contributed by atoms with Gasteiger partial charge in [0.1, 0.15) is 19.0 Å². The summed E-state index contributed by atoms with van der Waals surface area (Å²) in [6, 6.07) is 19.6. The van der Waals surface area contributed by atoms with Gasteiger partial charge in [-0.2, -0.15) is 0 Å². The minimum absolute atomic E-state index is 0.0281. The van der Waals surface area contributed by atoms with Crippen LogP contribution in [0.2, 0.25) is 0 Å². The first-order valence-corrected chi connectivity index (χ1v) is 13.7. The van der Waals surface area contributed by atoms with Crippen LogP contribution in [-0.4, -0.2) is 68.1 Å². The highest BCUT2D eigenvalue weighted by Crippen LogP contribution is 2.49. The van der Waals surface area contributed by atoms with E-state index < -0.39 is 5.79 Å². The van der Waals surface area contributed by atoms with Crippen LogP contribution in [0.15, 0.2) is 54.6 Å². The van der Waals surface area contributed by atoms with Crippen molar-refractivity contribution in [3.63, 3.8) is 0 Å². The number of rotatable bonds is 8. The second-order valence-corrected chi connectivity index (χ2v) is 10.8. The molecule has 4 fully saturated rings. The third-order valence-corrected chi connectivity index (χ3v) is 8.47. The van der Waals surface area contributed by atoms with E-state index in [4.69, 9.17) is 23.7 Å². The normalized spacial score (nSPS) is 31.4. The fraction of sp³-hybridized carbons (Fsp3) is 0.600. The van der Waals surface area contributed by atoms with E-state index in [-0.39, 0.29) is 30.4 Å². The lowest BCUT2D eigenvalue weighted by molar-refractivity contribution is -0.223. The van der Waals surface area contributed by atoms with Crippen LogP contribution in [0.3, 0.4) is 0 Å². The lowest BCUT2D eigenvalue weighted by Crippen LogP contribution is -2.54. The molecule has 3 aliphatic heterocycles. The highest BCUT2D eigenvalue weighted by Gasteiger charge is 2.62. The molecule has 0 aromatic heterocycles. The van der Waals surface area contributed by atoms with Gasteiger partial charge in [0.25, 0.3) is 0 Å². The quantitative estimate of drug-likeness (QED) is 0.474. The van der Waals surface area contributed by atoms with Gasteiger partial charge in [-0.25, -0.2) is 0 Å². The Hall–Kier alpha value is -1.80. The molecular formula is C30H39NO5. The van der Waals surface area contributed by atoms with Crippen molar-refractivity contribution in [2.45, 2.75) is 87.7 Å². The highest BCUT2D eigenvalue weighted by atomic mass is 16.8. The molecule has 4 aliphatic rings. The van der Waals surface area contributed by atoms with Crippen molar-refractivity contribution in [3.8, 4) is 11.1 Å². The molecule has 1 spiro atoms. The Balaban J connectivity index is 1.14. The van der Waals surface area contributed by atoms with Crippen LogP contribution >= 0.6 is 0 Å². The van der Waals surface area contributed by atoms with Gasteiger partial charge in [0.05, 0.1) is 31.4 Å². The molecule has 3 saturated heterocycles. The van der Waals surface area contributed by atoms with Crippen molar-refractivity contribution in [2.75, 3.05) is 27.1 Å². The summed E-state index contributed by atoms with van der Waals surface area (Å²) in [6.45, 7) is 2.58. The van der Waals surface area contributed by atoms with Gasteiger partial charge in [-0.3, -0.25) is 4.90 Å². The Morgan fingerprint density at radius 1 is 0.889 bits per heavy atom. The zero-order valence-electron chi connectivity index (χ0n) is 21.3. The van der Waals surface area contributed by atoms with E-state index in [1.807, 2.05) is 6.07 Å². The van der Waals surface area contributed by atoms with Crippen molar-refractivity contribution in [1.29, 1.82) is 0 Å². The van der Waals surface area contributed by atoms with Crippen LogP contribution in [0.5, 0.6) is 0 Å². The van der Waals surface area contributed by atoms with Gasteiger partial charge in [-0.15, -0.1) is 0 Å². The number of ether oxygens (including phenoxy) is 5. The lowest BCUT2D eigenvalue weighted by atomic mass is 9.94. The monoisotopic (exact) mass is 493 g/mol. The maximum Gasteiger partial charge on any atom is 0.169 e. The zero-order valence-corrected chi connectivity index (χ0v) is 21.3. The molecule has 1 aliphatic carbocycles. The molecule has 1 saturated carbocycles. The summed E-state index contributed by atoms with van der Waals surface area (Å²) in [7, 11) is 1.69. The third kappa shape index (κ3) is 4.87. The van der Waals surface area contributed by atoms with Gasteiger partial charge >= 0.3 is 0 Å². The molecule has 0 amide bonds. The number of methoxy groups -OCH3 is 1. The van der Waals surface area contributed by atoms with Crippen LogP contribution in [0.25, 0.3) is 11.1 Å². The number of nitrogens with zero attached hydrogens (tertiary/aromatic N) is 1. The predicted molar refractivity (Wildman–Crippen MR) is 137 cm³/mol. The fourth-order valence-electron chi connectivity index (χ4n) is 6.78. The number of fused-ring (bicyclic) bond motifs is 3. The maximum atomic E-state index is 6.81. The van der Waals surface area contributed by atoms with E-state index in [9.17, 15) is 0 Å². The summed E-state index contributed by atoms with van der Waals surface area (Å²) in [5, 5.41) is 0. The molecule has 0 radical (unpaired) electrons. The molecule has 2 aromatic rings. The Morgan fingerprint density at radius 3 is 2.42 bits per heavy atom. The molecule has 0 unspecified atom stereocenters. The Labute approximate surface area is 214 Å². The molecule has 0 bridgehead atoms. The molecule has 0 N–H and O–H groups in total. The number of hydrogen-bond donors (Lipinski definition) is 0. The van der Waals surface area contributed by atoms with Gasteiger partial charge in [-0.1, -0.05) is 61.0 Å². The average molecular weight is 494 g/mol. The Kier molecular flexibility index (Phi) is 7.43. The second kappa shape index (κ2) is 10.9. The van der Waals surface area contributed by atoms with E-state index in [0.717, 1.165) is 32.2 Å². The fourth-order valence-corrected chi connectivity index (χ4v) is 6.78. The number of piperidine rings is 1. The van der Waals surface area contributed by atoms with Gasteiger partial charge in [0, 0.05) is 20.0 Å². The third-order valence-electron chi connectivity index (χ3n) is 8.47. The molecule has 3 heterocycles. The van der Waals surface area contributed by atoms with Crippen LogP contribution in [0, 0.1) is 0 Å². The van der Waals surface area contributed by atoms with Crippen molar-refractivity contribution < 1.29 is 23.7 Å². The van der Waals surface area contributed by atoms with Crippen LogP contribution in [-0.2, 0) is 30.3 Å². The van der Waals surface area contributed by atoms with Gasteiger partial charge < -0.3 is 23.7 Å². The minimum Gasteiger partial charge on any atom is -0.375 e. The smallest absolute Gasteiger partial charge is 0.169 e. The van der Waals surface area contributed by atoms with Crippen molar-refractivity contribution in [3.05, 3.63) is 60.2 Å². The largest absolute Gasteiger partial charge is 0.375 e. The van der Waals surface area contributed by atoms with Crippen molar-refractivity contribution >= 4 is 0 Å². The molecule has 6 heteroatoms. The van der Waals surface area contributed by atoms with Gasteiger partial charge in [0.2, 0.25) is 0 Å². The molecular weight excluding hydrogens is 454 g/mol. The first-order valence-electron chi connectivity index (χ1n) is 13.7. The van der Waals surface area contributed by atoms with Gasteiger partial charge in [-0.05, 0) is 48.9 Å². The first kappa shape index (κ1) is 24.5.